The molecule has 220 valence electrons. The molecular formula is C32H22F6N2O3. The zero-order chi connectivity index (χ0) is 30.8. The Hall–Kier alpha value is -5.06. The minimum absolute atomic E-state index is 0.0376. The lowest BCUT2D eigenvalue weighted by molar-refractivity contribution is -0.137. The van der Waals surface area contributed by atoms with Crippen LogP contribution in [0.4, 0.5) is 32.0 Å². The van der Waals surface area contributed by atoms with E-state index in [4.69, 9.17) is 4.74 Å². The second-order valence-corrected chi connectivity index (χ2v) is 9.71. The van der Waals surface area contributed by atoms with Gasteiger partial charge < -0.3 is 15.4 Å². The Morgan fingerprint density at radius 2 is 1.37 bits per heavy atom. The largest absolute Gasteiger partial charge is 0.457 e. The van der Waals surface area contributed by atoms with Crippen LogP contribution in [0.5, 0.6) is 11.5 Å². The third-order valence-electron chi connectivity index (χ3n) is 6.54. The van der Waals surface area contributed by atoms with Crippen LogP contribution >= 0.6 is 0 Å². The Kier molecular flexibility index (Phi) is 7.99. The maximum Gasteiger partial charge on any atom is 0.416 e. The van der Waals surface area contributed by atoms with E-state index < -0.39 is 35.3 Å². The molecule has 5 rings (SSSR count). The number of fused-ring (bicyclic) bond motifs is 1. The van der Waals surface area contributed by atoms with Gasteiger partial charge in [-0.3, -0.25) is 9.59 Å². The average Bonchev–Trinajstić information content (AvgIpc) is 2.96. The molecule has 2 N–H and O–H groups in total. The Morgan fingerprint density at radius 1 is 0.674 bits per heavy atom. The SMILES string of the molecule is O=C(NC1=CC(C(F)(F)F)=CCC1)c1cc(Oc2ccc3ccccc3c2)cc(C(=O)Nc2cccc(C(F)(F)F)c2)c1. The van der Waals surface area contributed by atoms with Crippen molar-refractivity contribution < 1.29 is 40.7 Å². The smallest absolute Gasteiger partial charge is 0.416 e. The Morgan fingerprint density at radius 3 is 2.07 bits per heavy atom. The van der Waals surface area contributed by atoms with Crippen LogP contribution < -0.4 is 15.4 Å². The number of halogens is 6. The lowest BCUT2D eigenvalue weighted by Gasteiger charge is -2.17. The summed E-state index contributed by atoms with van der Waals surface area (Å²) in [6, 6.07) is 20.5. The Balaban J connectivity index is 1.46. The summed E-state index contributed by atoms with van der Waals surface area (Å²) in [6.45, 7) is 0. The van der Waals surface area contributed by atoms with E-state index in [0.717, 1.165) is 41.1 Å². The van der Waals surface area contributed by atoms with E-state index in [-0.39, 0.29) is 41.1 Å². The summed E-state index contributed by atoms with van der Waals surface area (Å²) >= 11 is 0. The van der Waals surface area contributed by atoms with Gasteiger partial charge in [0.05, 0.1) is 11.1 Å². The molecule has 5 nitrogen and oxygen atoms in total. The molecule has 11 heteroatoms. The fourth-order valence-corrected chi connectivity index (χ4v) is 4.48. The third-order valence-corrected chi connectivity index (χ3v) is 6.54. The monoisotopic (exact) mass is 596 g/mol. The van der Waals surface area contributed by atoms with Gasteiger partial charge in [-0.15, -0.1) is 0 Å². The predicted octanol–water partition coefficient (Wildman–Crippen LogP) is 8.80. The first-order valence-electron chi connectivity index (χ1n) is 12.9. The van der Waals surface area contributed by atoms with Gasteiger partial charge in [0, 0.05) is 22.5 Å². The minimum Gasteiger partial charge on any atom is -0.457 e. The fourth-order valence-electron chi connectivity index (χ4n) is 4.48. The van der Waals surface area contributed by atoms with Gasteiger partial charge in [-0.1, -0.05) is 42.5 Å². The van der Waals surface area contributed by atoms with Crippen molar-refractivity contribution in [3.8, 4) is 11.5 Å². The van der Waals surface area contributed by atoms with Gasteiger partial charge in [-0.25, -0.2) is 0 Å². The second-order valence-electron chi connectivity index (χ2n) is 9.71. The fraction of sp³-hybridized carbons (Fsp3) is 0.125. The van der Waals surface area contributed by atoms with Crippen LogP contribution in [0.3, 0.4) is 0 Å². The topological polar surface area (TPSA) is 67.4 Å². The van der Waals surface area contributed by atoms with Gasteiger partial charge in [0.25, 0.3) is 11.8 Å². The summed E-state index contributed by atoms with van der Waals surface area (Å²) in [5, 5.41) is 6.64. The number of carbonyl (C=O) groups excluding carboxylic acids is 2. The van der Waals surface area contributed by atoms with Crippen molar-refractivity contribution in [3.05, 3.63) is 125 Å². The van der Waals surface area contributed by atoms with E-state index in [2.05, 4.69) is 10.6 Å². The van der Waals surface area contributed by atoms with Gasteiger partial charge >= 0.3 is 12.4 Å². The summed E-state index contributed by atoms with van der Waals surface area (Å²) in [5.74, 6) is -1.22. The summed E-state index contributed by atoms with van der Waals surface area (Å²) in [4.78, 5) is 26.3. The van der Waals surface area contributed by atoms with Gasteiger partial charge in [-0.05, 0) is 78.2 Å². The average molecular weight is 597 g/mol. The quantitative estimate of drug-likeness (QED) is 0.219. The first-order valence-corrected chi connectivity index (χ1v) is 12.9. The van der Waals surface area contributed by atoms with Crippen molar-refractivity contribution in [1.82, 2.24) is 5.32 Å². The first kappa shape index (κ1) is 29.4. The maximum atomic E-state index is 13.2. The maximum absolute atomic E-state index is 13.2. The number of ether oxygens (including phenoxy) is 1. The minimum atomic E-state index is -4.63. The number of hydrogen-bond donors (Lipinski definition) is 2. The Bertz CT molecular complexity index is 1770. The summed E-state index contributed by atoms with van der Waals surface area (Å²) < 4.78 is 85.0. The molecule has 0 fully saturated rings. The second kappa shape index (κ2) is 11.7. The van der Waals surface area contributed by atoms with Gasteiger partial charge in [0.2, 0.25) is 0 Å². The van der Waals surface area contributed by atoms with Gasteiger partial charge in [-0.2, -0.15) is 26.3 Å². The molecule has 0 unspecified atom stereocenters. The predicted molar refractivity (Wildman–Crippen MR) is 149 cm³/mol. The lowest BCUT2D eigenvalue weighted by Crippen LogP contribution is -2.25. The molecule has 1 aliphatic rings. The Labute approximate surface area is 241 Å². The normalized spacial score (nSPS) is 13.6. The summed E-state index contributed by atoms with van der Waals surface area (Å²) in [5.41, 5.74) is -2.19. The number of hydrogen-bond acceptors (Lipinski definition) is 3. The van der Waals surface area contributed by atoms with E-state index in [1.165, 1.54) is 24.3 Å². The van der Waals surface area contributed by atoms with E-state index in [9.17, 15) is 35.9 Å². The first-order chi connectivity index (χ1) is 20.3. The molecule has 1 aliphatic carbocycles. The lowest BCUT2D eigenvalue weighted by atomic mass is 10.0. The molecule has 0 spiro atoms. The molecule has 0 heterocycles. The molecule has 4 aromatic carbocycles. The van der Waals surface area contributed by atoms with E-state index in [1.54, 1.807) is 12.1 Å². The number of benzene rings is 4. The zero-order valence-electron chi connectivity index (χ0n) is 22.1. The van der Waals surface area contributed by atoms with Crippen molar-refractivity contribution in [2.45, 2.75) is 25.2 Å². The van der Waals surface area contributed by atoms with Crippen molar-refractivity contribution in [2.24, 2.45) is 0 Å². The van der Waals surface area contributed by atoms with Crippen LogP contribution in [0.2, 0.25) is 0 Å². The number of nitrogens with one attached hydrogen (secondary N) is 2. The molecule has 2 amide bonds. The van der Waals surface area contributed by atoms with Gasteiger partial charge in [0.15, 0.2) is 0 Å². The van der Waals surface area contributed by atoms with Crippen molar-refractivity contribution in [2.75, 3.05) is 5.32 Å². The molecule has 0 saturated heterocycles. The van der Waals surface area contributed by atoms with Crippen molar-refractivity contribution >= 4 is 28.3 Å². The summed E-state index contributed by atoms with van der Waals surface area (Å²) in [6.07, 6.45) is -7.12. The molecule has 0 aromatic heterocycles. The van der Waals surface area contributed by atoms with E-state index >= 15 is 0 Å². The highest BCUT2D eigenvalue weighted by molar-refractivity contribution is 6.06. The van der Waals surface area contributed by atoms with E-state index in [0.29, 0.717) is 5.75 Å². The molecule has 0 bridgehead atoms. The van der Waals surface area contributed by atoms with Crippen LogP contribution in [0.25, 0.3) is 10.8 Å². The highest BCUT2D eigenvalue weighted by atomic mass is 19.4. The number of anilines is 1. The van der Waals surface area contributed by atoms with Crippen LogP contribution in [-0.4, -0.2) is 18.0 Å². The standard InChI is InChI=1S/C32H22F6N2O3/c33-31(34,35)23-7-3-9-25(17-23)39-29(41)21-13-22(30(42)40-26-10-4-8-24(18-26)32(36,37)38)16-28(15-21)43-27-12-11-19-5-1-2-6-20(19)14-27/h1-3,5-9,11-18H,4,10H2,(H,39,41)(H,40,42). The highest BCUT2D eigenvalue weighted by Gasteiger charge is 2.33. The number of carbonyl (C=O) groups is 2. The third kappa shape index (κ3) is 7.24. The highest BCUT2D eigenvalue weighted by Crippen LogP contribution is 2.33. The van der Waals surface area contributed by atoms with Crippen molar-refractivity contribution in [1.29, 1.82) is 0 Å². The number of alkyl halides is 6. The number of rotatable bonds is 6. The molecule has 0 atom stereocenters. The summed E-state index contributed by atoms with van der Waals surface area (Å²) in [7, 11) is 0. The van der Waals surface area contributed by atoms with Crippen LogP contribution in [-0.2, 0) is 6.18 Å². The molecule has 4 aromatic rings. The van der Waals surface area contributed by atoms with Crippen LogP contribution in [0.1, 0.15) is 39.1 Å². The molecule has 0 saturated carbocycles. The zero-order valence-corrected chi connectivity index (χ0v) is 22.1. The van der Waals surface area contributed by atoms with Crippen molar-refractivity contribution in [3.63, 3.8) is 0 Å². The van der Waals surface area contributed by atoms with E-state index in [1.807, 2.05) is 30.3 Å². The molecule has 0 aliphatic heterocycles. The van der Waals surface area contributed by atoms with Gasteiger partial charge in [0.1, 0.15) is 11.5 Å². The molecule has 0 radical (unpaired) electrons. The molecular weight excluding hydrogens is 574 g/mol. The van der Waals surface area contributed by atoms with Crippen LogP contribution in [0.15, 0.2) is 108 Å². The van der Waals surface area contributed by atoms with Crippen LogP contribution in [0, 0.1) is 0 Å². The number of amides is 2. The molecule has 43 heavy (non-hydrogen) atoms. The number of allylic oxidation sites excluding steroid dienone is 4.